The Morgan fingerprint density at radius 3 is 2.76 bits per heavy atom. The van der Waals surface area contributed by atoms with Crippen molar-refractivity contribution >= 4 is 17.3 Å². The zero-order chi connectivity index (χ0) is 17.4. The standard InChI is InChI=1S/C20H28N2O3/c1-14(2)22-13-20(7-10-24-11-8-20)16-12-15(5-6-17(16)22)21-19(23)18-4-3-9-25-18/h5-6,12,14,18H,3-4,7-11,13H2,1-2H3,(H,21,23)/t18-/m1/s1. The van der Waals surface area contributed by atoms with Crippen LogP contribution < -0.4 is 10.2 Å². The summed E-state index contributed by atoms with van der Waals surface area (Å²) >= 11 is 0. The van der Waals surface area contributed by atoms with E-state index in [9.17, 15) is 4.79 Å². The average Bonchev–Trinajstić information content (AvgIpc) is 3.24. The van der Waals surface area contributed by atoms with Gasteiger partial charge in [0.05, 0.1) is 0 Å². The van der Waals surface area contributed by atoms with Crippen LogP contribution in [0, 0.1) is 0 Å². The first-order valence-corrected chi connectivity index (χ1v) is 9.50. The lowest BCUT2D eigenvalue weighted by Crippen LogP contribution is -2.40. The topological polar surface area (TPSA) is 50.8 Å². The van der Waals surface area contributed by atoms with Crippen molar-refractivity contribution in [2.75, 3.05) is 36.6 Å². The van der Waals surface area contributed by atoms with Crippen molar-refractivity contribution in [3.8, 4) is 0 Å². The van der Waals surface area contributed by atoms with Crippen molar-refractivity contribution in [3.05, 3.63) is 23.8 Å². The van der Waals surface area contributed by atoms with E-state index in [2.05, 4.69) is 36.2 Å². The van der Waals surface area contributed by atoms with Crippen molar-refractivity contribution in [1.29, 1.82) is 0 Å². The van der Waals surface area contributed by atoms with E-state index in [-0.39, 0.29) is 17.4 Å². The van der Waals surface area contributed by atoms with Crippen LogP contribution in [-0.4, -0.2) is 44.4 Å². The van der Waals surface area contributed by atoms with Crippen LogP contribution in [0.1, 0.15) is 45.1 Å². The van der Waals surface area contributed by atoms with E-state index >= 15 is 0 Å². The maximum atomic E-state index is 12.4. The molecule has 3 heterocycles. The van der Waals surface area contributed by atoms with Gasteiger partial charge in [-0.2, -0.15) is 0 Å². The molecule has 1 aromatic rings. The fourth-order valence-corrected chi connectivity index (χ4v) is 4.44. The van der Waals surface area contributed by atoms with Gasteiger partial charge in [0, 0.05) is 49.2 Å². The molecule has 0 saturated carbocycles. The maximum Gasteiger partial charge on any atom is 0.253 e. The molecule has 1 amide bonds. The van der Waals surface area contributed by atoms with Gasteiger partial charge >= 0.3 is 0 Å². The molecule has 1 N–H and O–H groups in total. The smallest absolute Gasteiger partial charge is 0.253 e. The molecule has 3 aliphatic rings. The highest BCUT2D eigenvalue weighted by Crippen LogP contribution is 2.48. The van der Waals surface area contributed by atoms with Crippen LogP contribution in [0.2, 0.25) is 0 Å². The van der Waals surface area contributed by atoms with E-state index in [1.807, 2.05) is 6.07 Å². The molecule has 4 rings (SSSR count). The van der Waals surface area contributed by atoms with E-state index in [1.54, 1.807) is 0 Å². The third-order valence-corrected chi connectivity index (χ3v) is 5.91. The highest BCUT2D eigenvalue weighted by atomic mass is 16.5. The van der Waals surface area contributed by atoms with Gasteiger partial charge in [-0.15, -0.1) is 0 Å². The molecule has 0 aliphatic carbocycles. The summed E-state index contributed by atoms with van der Waals surface area (Å²) in [6.45, 7) is 7.86. The van der Waals surface area contributed by atoms with E-state index in [0.29, 0.717) is 12.6 Å². The van der Waals surface area contributed by atoms with Crippen LogP contribution in [0.25, 0.3) is 0 Å². The third-order valence-electron chi connectivity index (χ3n) is 5.91. The number of carbonyl (C=O) groups excluding carboxylic acids is 1. The van der Waals surface area contributed by atoms with E-state index in [0.717, 1.165) is 51.1 Å². The van der Waals surface area contributed by atoms with Crippen LogP contribution in [0.4, 0.5) is 11.4 Å². The van der Waals surface area contributed by atoms with Gasteiger partial charge in [0.2, 0.25) is 0 Å². The molecule has 1 aromatic carbocycles. The molecule has 2 saturated heterocycles. The van der Waals surface area contributed by atoms with E-state index < -0.39 is 0 Å². The number of nitrogens with one attached hydrogen (secondary N) is 1. The van der Waals surface area contributed by atoms with Crippen molar-refractivity contribution in [3.63, 3.8) is 0 Å². The lowest BCUT2D eigenvalue weighted by molar-refractivity contribution is -0.124. The molecule has 5 nitrogen and oxygen atoms in total. The monoisotopic (exact) mass is 344 g/mol. The number of anilines is 2. The number of benzene rings is 1. The molecule has 5 heteroatoms. The van der Waals surface area contributed by atoms with Gasteiger partial charge in [0.1, 0.15) is 6.10 Å². The van der Waals surface area contributed by atoms with Crippen molar-refractivity contribution < 1.29 is 14.3 Å². The molecule has 25 heavy (non-hydrogen) atoms. The molecule has 0 aromatic heterocycles. The van der Waals surface area contributed by atoms with Crippen LogP contribution >= 0.6 is 0 Å². The fraction of sp³-hybridized carbons (Fsp3) is 0.650. The number of nitrogens with zero attached hydrogens (tertiary/aromatic N) is 1. The minimum absolute atomic E-state index is 0.0165. The summed E-state index contributed by atoms with van der Waals surface area (Å²) in [6.07, 6.45) is 3.59. The highest BCUT2D eigenvalue weighted by molar-refractivity contribution is 5.94. The van der Waals surface area contributed by atoms with Crippen molar-refractivity contribution in [2.24, 2.45) is 0 Å². The summed E-state index contributed by atoms with van der Waals surface area (Å²) in [5, 5.41) is 3.07. The molecular formula is C20H28N2O3. The molecule has 0 radical (unpaired) electrons. The van der Waals surface area contributed by atoms with Gasteiger partial charge in [-0.05, 0) is 63.3 Å². The Morgan fingerprint density at radius 1 is 1.28 bits per heavy atom. The van der Waals surface area contributed by atoms with Gasteiger partial charge in [-0.25, -0.2) is 0 Å². The Morgan fingerprint density at radius 2 is 2.08 bits per heavy atom. The van der Waals surface area contributed by atoms with Gasteiger partial charge < -0.3 is 19.7 Å². The minimum atomic E-state index is -0.294. The molecule has 1 spiro atoms. The average molecular weight is 344 g/mol. The predicted molar refractivity (Wildman–Crippen MR) is 98.3 cm³/mol. The Balaban J connectivity index is 1.62. The Bertz CT molecular complexity index is 646. The van der Waals surface area contributed by atoms with Crippen LogP contribution in [0.5, 0.6) is 0 Å². The van der Waals surface area contributed by atoms with Crippen LogP contribution in [-0.2, 0) is 19.7 Å². The summed E-state index contributed by atoms with van der Waals surface area (Å²) < 4.78 is 11.1. The van der Waals surface area contributed by atoms with E-state index in [1.165, 1.54) is 11.3 Å². The zero-order valence-electron chi connectivity index (χ0n) is 15.2. The van der Waals surface area contributed by atoms with Crippen LogP contribution in [0.15, 0.2) is 18.2 Å². The predicted octanol–water partition coefficient (Wildman–Crippen LogP) is 3.08. The first kappa shape index (κ1) is 16.9. The van der Waals surface area contributed by atoms with E-state index in [4.69, 9.17) is 9.47 Å². The Kier molecular flexibility index (Phi) is 4.46. The largest absolute Gasteiger partial charge is 0.381 e. The number of fused-ring (bicyclic) bond motifs is 2. The molecule has 2 fully saturated rings. The fourth-order valence-electron chi connectivity index (χ4n) is 4.44. The number of rotatable bonds is 3. The van der Waals surface area contributed by atoms with Gasteiger partial charge in [-0.1, -0.05) is 0 Å². The number of carbonyl (C=O) groups is 1. The number of amides is 1. The van der Waals surface area contributed by atoms with Crippen LogP contribution in [0.3, 0.4) is 0 Å². The summed E-state index contributed by atoms with van der Waals surface area (Å²) in [7, 11) is 0. The summed E-state index contributed by atoms with van der Waals surface area (Å²) in [4.78, 5) is 14.9. The number of ether oxygens (including phenoxy) is 2. The lowest BCUT2D eigenvalue weighted by atomic mass is 9.75. The highest BCUT2D eigenvalue weighted by Gasteiger charge is 2.44. The minimum Gasteiger partial charge on any atom is -0.381 e. The Labute approximate surface area is 149 Å². The number of hydrogen-bond donors (Lipinski definition) is 1. The van der Waals surface area contributed by atoms with Gasteiger partial charge in [0.15, 0.2) is 0 Å². The second-order valence-electron chi connectivity index (χ2n) is 7.84. The summed E-state index contributed by atoms with van der Waals surface area (Å²) in [5.41, 5.74) is 3.72. The first-order valence-electron chi connectivity index (χ1n) is 9.50. The van der Waals surface area contributed by atoms with Gasteiger partial charge in [-0.3, -0.25) is 4.79 Å². The molecule has 0 bridgehead atoms. The molecule has 0 unspecified atom stereocenters. The number of hydrogen-bond acceptors (Lipinski definition) is 4. The van der Waals surface area contributed by atoms with Crippen molar-refractivity contribution in [1.82, 2.24) is 0 Å². The lowest BCUT2D eigenvalue weighted by Gasteiger charge is -2.35. The second kappa shape index (κ2) is 6.61. The molecule has 136 valence electrons. The maximum absolute atomic E-state index is 12.4. The zero-order valence-corrected chi connectivity index (χ0v) is 15.2. The summed E-state index contributed by atoms with van der Waals surface area (Å²) in [5.74, 6) is -0.0165. The Hall–Kier alpha value is -1.59. The summed E-state index contributed by atoms with van der Waals surface area (Å²) in [6, 6.07) is 6.85. The SMILES string of the molecule is CC(C)N1CC2(CCOCC2)c2cc(NC(=O)[C@H]3CCCO3)ccc21. The normalized spacial score (nSPS) is 24.8. The quantitative estimate of drug-likeness (QED) is 0.915. The molecule has 3 aliphatic heterocycles. The molecular weight excluding hydrogens is 316 g/mol. The second-order valence-corrected chi connectivity index (χ2v) is 7.84. The van der Waals surface area contributed by atoms with Crippen molar-refractivity contribution in [2.45, 2.75) is 57.1 Å². The molecule has 1 atom stereocenters. The third kappa shape index (κ3) is 3.04. The van der Waals surface area contributed by atoms with Gasteiger partial charge in [0.25, 0.3) is 5.91 Å². The first-order chi connectivity index (χ1) is 12.1.